The molecule has 7 heteroatoms. The molecule has 0 aliphatic carbocycles. The highest BCUT2D eigenvalue weighted by molar-refractivity contribution is 14.0. The molecule has 0 fully saturated rings. The molecule has 134 valence electrons. The van der Waals surface area contributed by atoms with Crippen LogP contribution in [0.2, 0.25) is 0 Å². The number of halogens is 1. The highest BCUT2D eigenvalue weighted by atomic mass is 127. The molecule has 1 aromatic carbocycles. The number of aromatic nitrogens is 1. The van der Waals surface area contributed by atoms with Gasteiger partial charge in [-0.15, -0.1) is 35.3 Å². The zero-order valence-electron chi connectivity index (χ0n) is 14.3. The number of aryl methyl sites for hydroxylation is 1. The Hall–Kier alpha value is -1.58. The van der Waals surface area contributed by atoms with Gasteiger partial charge in [0.1, 0.15) is 6.10 Å². The maximum absolute atomic E-state index is 10.4. The van der Waals surface area contributed by atoms with Gasteiger partial charge in [-0.1, -0.05) is 18.2 Å². The first-order valence-electron chi connectivity index (χ1n) is 7.88. The van der Waals surface area contributed by atoms with E-state index in [0.717, 1.165) is 4.88 Å². The fourth-order valence-corrected chi connectivity index (χ4v) is 3.59. The fourth-order valence-electron chi connectivity index (χ4n) is 2.54. The zero-order chi connectivity index (χ0) is 16.9. The topological polar surface area (TPSA) is 61.6 Å². The van der Waals surface area contributed by atoms with E-state index in [-0.39, 0.29) is 24.0 Å². The number of hydrogen-bond acceptors (Lipinski definition) is 3. The minimum absolute atomic E-state index is 0. The van der Waals surface area contributed by atoms with Crippen molar-refractivity contribution in [2.75, 3.05) is 13.6 Å². The maximum Gasteiger partial charge on any atom is 0.191 e. The highest BCUT2D eigenvalue weighted by Gasteiger charge is 2.12. The molecule has 1 atom stereocenters. The summed E-state index contributed by atoms with van der Waals surface area (Å²) in [4.78, 5) is 5.16. The molecule has 3 aromatic rings. The van der Waals surface area contributed by atoms with Crippen LogP contribution in [0.15, 0.2) is 53.7 Å². The van der Waals surface area contributed by atoms with Crippen molar-refractivity contribution in [3.8, 4) is 0 Å². The summed E-state index contributed by atoms with van der Waals surface area (Å²) in [7, 11) is 3.74. The average Bonchev–Trinajstić information content (AvgIpc) is 3.20. The van der Waals surface area contributed by atoms with Crippen molar-refractivity contribution in [2.45, 2.75) is 12.6 Å². The number of hydrogen-bond donors (Lipinski definition) is 3. The van der Waals surface area contributed by atoms with Crippen LogP contribution in [0.4, 0.5) is 0 Å². The van der Waals surface area contributed by atoms with E-state index in [1.165, 1.54) is 15.8 Å². The van der Waals surface area contributed by atoms with Crippen molar-refractivity contribution in [3.63, 3.8) is 0 Å². The summed E-state index contributed by atoms with van der Waals surface area (Å²) in [5, 5.41) is 18.0. The van der Waals surface area contributed by atoms with Crippen molar-refractivity contribution in [1.82, 2.24) is 15.2 Å². The Morgan fingerprint density at radius 2 is 2.04 bits per heavy atom. The van der Waals surface area contributed by atoms with Gasteiger partial charge in [0.05, 0.1) is 6.54 Å². The minimum atomic E-state index is -0.559. The van der Waals surface area contributed by atoms with Crippen LogP contribution in [0.3, 0.4) is 0 Å². The lowest BCUT2D eigenvalue weighted by Gasteiger charge is -2.15. The second-order valence-electron chi connectivity index (χ2n) is 5.62. The van der Waals surface area contributed by atoms with E-state index in [4.69, 9.17) is 0 Å². The minimum Gasteiger partial charge on any atom is -0.386 e. The lowest BCUT2D eigenvalue weighted by molar-refractivity contribution is 0.184. The number of guanidine groups is 1. The Morgan fingerprint density at radius 1 is 1.24 bits per heavy atom. The first-order valence-corrected chi connectivity index (χ1v) is 8.70. The lowest BCUT2D eigenvalue weighted by atomic mass is 10.2. The predicted octanol–water partition coefficient (Wildman–Crippen LogP) is 3.26. The molecule has 0 radical (unpaired) electrons. The van der Waals surface area contributed by atoms with Gasteiger partial charge in [-0.2, -0.15) is 0 Å². The molecule has 5 nitrogen and oxygen atoms in total. The molecule has 3 rings (SSSR count). The normalized spacial score (nSPS) is 12.7. The van der Waals surface area contributed by atoms with Crippen LogP contribution in [-0.2, 0) is 13.6 Å². The van der Waals surface area contributed by atoms with Gasteiger partial charge in [-0.05, 0) is 29.7 Å². The highest BCUT2D eigenvalue weighted by Crippen LogP contribution is 2.29. The smallest absolute Gasteiger partial charge is 0.191 e. The number of benzene rings is 1. The van der Waals surface area contributed by atoms with Crippen molar-refractivity contribution in [1.29, 1.82) is 0 Å². The number of aliphatic imine (C=N–C) groups is 1. The summed E-state index contributed by atoms with van der Waals surface area (Å²) in [5.74, 6) is 0.677. The molecule has 3 N–H and O–H groups in total. The summed E-state index contributed by atoms with van der Waals surface area (Å²) in [6.07, 6.45) is 1.45. The largest absolute Gasteiger partial charge is 0.386 e. The molecule has 0 amide bonds. The van der Waals surface area contributed by atoms with E-state index in [1.54, 1.807) is 18.4 Å². The van der Waals surface area contributed by atoms with Gasteiger partial charge in [0.15, 0.2) is 5.96 Å². The van der Waals surface area contributed by atoms with Crippen LogP contribution in [0.5, 0.6) is 0 Å². The lowest BCUT2D eigenvalue weighted by Crippen LogP contribution is -2.39. The van der Waals surface area contributed by atoms with Crippen molar-refractivity contribution in [2.24, 2.45) is 12.0 Å². The molecule has 0 aliphatic heterocycles. The summed E-state index contributed by atoms with van der Waals surface area (Å²) < 4.78 is 3.25. The molecule has 0 spiro atoms. The number of fused-ring (bicyclic) bond motifs is 1. The Bertz CT molecular complexity index is 809. The van der Waals surface area contributed by atoms with E-state index in [2.05, 4.69) is 38.4 Å². The van der Waals surface area contributed by atoms with Crippen molar-refractivity contribution in [3.05, 3.63) is 59.2 Å². The van der Waals surface area contributed by atoms with Crippen LogP contribution in [0, 0.1) is 0 Å². The summed E-state index contributed by atoms with van der Waals surface area (Å²) in [5.41, 5.74) is 1.17. The first kappa shape index (κ1) is 19.7. The van der Waals surface area contributed by atoms with Crippen molar-refractivity contribution < 1.29 is 5.11 Å². The van der Waals surface area contributed by atoms with E-state index in [1.807, 2.05) is 37.5 Å². The number of thiophene rings is 1. The molecule has 0 bridgehead atoms. The van der Waals surface area contributed by atoms with Crippen LogP contribution in [-0.4, -0.2) is 29.2 Å². The monoisotopic (exact) mass is 470 g/mol. The first-order chi connectivity index (χ1) is 11.7. The fraction of sp³-hybridized carbons (Fsp3) is 0.278. The van der Waals surface area contributed by atoms with E-state index >= 15 is 0 Å². The zero-order valence-corrected chi connectivity index (χ0v) is 17.4. The van der Waals surface area contributed by atoms with Gasteiger partial charge in [0.25, 0.3) is 0 Å². The standard InChI is InChI=1S/C18H22N4OS.HI/c1-19-18(20-11-14-7-5-9-22(14)2)21-12-15(23)17-10-13-6-3-4-8-16(13)24-17;/h3-10,15,23H,11-12H2,1-2H3,(H2,19,20,21);1H. The van der Waals surface area contributed by atoms with Crippen molar-refractivity contribution >= 4 is 51.4 Å². The molecular weight excluding hydrogens is 447 g/mol. The number of aliphatic hydroxyl groups excluding tert-OH is 1. The van der Waals surface area contributed by atoms with Gasteiger partial charge >= 0.3 is 0 Å². The van der Waals surface area contributed by atoms with E-state index in [0.29, 0.717) is 19.0 Å². The molecule has 1 unspecified atom stereocenters. The molecular formula is C18H23IN4OS. The number of nitrogens with one attached hydrogen (secondary N) is 2. The Kier molecular flexibility index (Phi) is 7.27. The quantitative estimate of drug-likeness (QED) is 0.305. The van der Waals surface area contributed by atoms with E-state index in [9.17, 15) is 5.11 Å². The molecule has 0 saturated carbocycles. The SMILES string of the molecule is CN=C(NCc1cccn1C)NCC(O)c1cc2ccccc2s1.I. The number of nitrogens with zero attached hydrogens (tertiary/aromatic N) is 2. The van der Waals surface area contributed by atoms with Gasteiger partial charge in [-0.3, -0.25) is 4.99 Å². The Labute approximate surface area is 168 Å². The predicted molar refractivity (Wildman–Crippen MR) is 116 cm³/mol. The molecule has 2 heterocycles. The van der Waals surface area contributed by atoms with Gasteiger partial charge < -0.3 is 20.3 Å². The second kappa shape index (κ2) is 9.21. The molecule has 0 aliphatic rings. The summed E-state index contributed by atoms with van der Waals surface area (Å²) in [6, 6.07) is 14.3. The van der Waals surface area contributed by atoms with Crippen LogP contribution < -0.4 is 10.6 Å². The molecule has 2 aromatic heterocycles. The molecule has 25 heavy (non-hydrogen) atoms. The number of rotatable bonds is 5. The average molecular weight is 470 g/mol. The van der Waals surface area contributed by atoms with Crippen LogP contribution in [0.1, 0.15) is 16.7 Å². The van der Waals surface area contributed by atoms with Crippen LogP contribution in [0.25, 0.3) is 10.1 Å². The van der Waals surface area contributed by atoms with Gasteiger partial charge in [-0.25, -0.2) is 0 Å². The van der Waals surface area contributed by atoms with Crippen LogP contribution >= 0.6 is 35.3 Å². The molecule has 0 saturated heterocycles. The van der Waals surface area contributed by atoms with Gasteiger partial charge in [0, 0.05) is 42.1 Å². The Balaban J connectivity index is 0.00000225. The second-order valence-corrected chi connectivity index (χ2v) is 6.73. The Morgan fingerprint density at radius 3 is 2.72 bits per heavy atom. The third-order valence-corrected chi connectivity index (χ3v) is 5.17. The summed E-state index contributed by atoms with van der Waals surface area (Å²) >= 11 is 1.62. The third-order valence-electron chi connectivity index (χ3n) is 3.95. The summed E-state index contributed by atoms with van der Waals surface area (Å²) in [6.45, 7) is 1.10. The maximum atomic E-state index is 10.4. The van der Waals surface area contributed by atoms with E-state index < -0.39 is 6.10 Å². The van der Waals surface area contributed by atoms with Gasteiger partial charge in [0.2, 0.25) is 0 Å². The third kappa shape index (κ3) is 4.96. The number of aliphatic hydroxyl groups is 1.